The molecule has 142 valence electrons. The minimum Gasteiger partial charge on any atom is -0.399 e. The Labute approximate surface area is 155 Å². The fraction of sp³-hybridized carbons (Fsp3) is 0.632. The topological polar surface area (TPSA) is 59.6 Å². The smallest absolute Gasteiger partial charge is 0.399 e. The number of hydrogen-bond donors (Lipinski definition) is 2. The summed E-state index contributed by atoms with van der Waals surface area (Å²) in [5.74, 6) is -0.504. The van der Waals surface area contributed by atoms with Crippen LogP contribution in [0.3, 0.4) is 0 Å². The van der Waals surface area contributed by atoms with E-state index < -0.39 is 24.1 Å². The molecule has 1 aliphatic heterocycles. The molecule has 0 spiro atoms. The van der Waals surface area contributed by atoms with Gasteiger partial charge in [0.05, 0.1) is 16.9 Å². The van der Waals surface area contributed by atoms with Crippen LogP contribution < -0.4 is 16.1 Å². The Kier molecular flexibility index (Phi) is 5.31. The molecule has 7 heteroatoms. The van der Waals surface area contributed by atoms with Gasteiger partial charge in [0.15, 0.2) is 0 Å². The normalized spacial score (nSPS) is 22.3. The summed E-state index contributed by atoms with van der Waals surface area (Å²) in [6.07, 6.45) is 5.44. The first-order valence-corrected chi connectivity index (χ1v) is 9.40. The number of carbonyl (C=O) groups excluding carboxylic acids is 1. The van der Waals surface area contributed by atoms with E-state index >= 15 is 0 Å². The maximum Gasteiger partial charge on any atom is 0.494 e. The lowest BCUT2D eigenvalue weighted by Crippen LogP contribution is -2.41. The van der Waals surface area contributed by atoms with Gasteiger partial charge in [-0.25, -0.2) is 9.18 Å². The zero-order chi connectivity index (χ0) is 18.9. The molecule has 5 nitrogen and oxygen atoms in total. The van der Waals surface area contributed by atoms with Crippen molar-refractivity contribution in [3.63, 3.8) is 0 Å². The van der Waals surface area contributed by atoms with Crippen molar-refractivity contribution < 1.29 is 18.5 Å². The van der Waals surface area contributed by atoms with E-state index in [4.69, 9.17) is 9.31 Å². The molecular formula is C19H28BFN2O3. The Balaban J connectivity index is 1.63. The number of anilines is 1. The third-order valence-corrected chi connectivity index (χ3v) is 5.71. The molecular weight excluding hydrogens is 334 g/mol. The van der Waals surface area contributed by atoms with Crippen LogP contribution in [-0.2, 0) is 9.31 Å². The van der Waals surface area contributed by atoms with Crippen LogP contribution >= 0.6 is 0 Å². The summed E-state index contributed by atoms with van der Waals surface area (Å²) in [6.45, 7) is 7.81. The van der Waals surface area contributed by atoms with E-state index in [9.17, 15) is 9.18 Å². The monoisotopic (exact) mass is 362 g/mol. The van der Waals surface area contributed by atoms with E-state index in [1.807, 2.05) is 27.7 Å². The molecule has 1 heterocycles. The molecule has 1 aliphatic carbocycles. The quantitative estimate of drug-likeness (QED) is 0.808. The fourth-order valence-corrected chi connectivity index (χ4v) is 3.35. The molecule has 26 heavy (non-hydrogen) atoms. The highest BCUT2D eigenvalue weighted by atomic mass is 19.1. The van der Waals surface area contributed by atoms with E-state index in [1.54, 1.807) is 12.1 Å². The summed E-state index contributed by atoms with van der Waals surface area (Å²) in [6, 6.07) is 4.45. The van der Waals surface area contributed by atoms with Crippen molar-refractivity contribution in [3.8, 4) is 0 Å². The third kappa shape index (κ3) is 4.04. The molecule has 1 aromatic carbocycles. The highest BCUT2D eigenvalue weighted by Gasteiger charge is 2.51. The number of urea groups is 1. The average molecular weight is 362 g/mol. The van der Waals surface area contributed by atoms with Gasteiger partial charge in [-0.2, -0.15) is 0 Å². The van der Waals surface area contributed by atoms with Gasteiger partial charge in [-0.1, -0.05) is 25.3 Å². The maximum absolute atomic E-state index is 14.5. The predicted octanol–water partition coefficient (Wildman–Crippen LogP) is 3.58. The highest BCUT2D eigenvalue weighted by Crippen LogP contribution is 2.36. The number of carbonyl (C=O) groups is 1. The lowest BCUT2D eigenvalue weighted by Gasteiger charge is -2.32. The maximum atomic E-state index is 14.5. The van der Waals surface area contributed by atoms with E-state index in [0.717, 1.165) is 25.7 Å². The molecule has 2 aliphatic rings. The molecule has 2 fully saturated rings. The molecule has 3 rings (SSSR count). The second-order valence-corrected chi connectivity index (χ2v) is 8.26. The number of hydrogen-bond acceptors (Lipinski definition) is 3. The molecule has 0 bridgehead atoms. The number of halogens is 1. The van der Waals surface area contributed by atoms with Gasteiger partial charge < -0.3 is 19.9 Å². The first kappa shape index (κ1) is 19.2. The minimum atomic E-state index is -0.625. The average Bonchev–Trinajstić information content (AvgIpc) is 2.78. The van der Waals surface area contributed by atoms with Crippen molar-refractivity contribution >= 4 is 24.3 Å². The molecule has 0 aromatic heterocycles. The summed E-state index contributed by atoms with van der Waals surface area (Å²) in [5.41, 5.74) is -0.214. The third-order valence-electron chi connectivity index (χ3n) is 5.71. The zero-order valence-corrected chi connectivity index (χ0v) is 16.0. The summed E-state index contributed by atoms with van der Waals surface area (Å²) in [5, 5.41) is 5.52. The van der Waals surface area contributed by atoms with Crippen molar-refractivity contribution in [2.75, 3.05) is 5.32 Å². The Bertz CT molecular complexity index is 659. The summed E-state index contributed by atoms with van der Waals surface area (Å²) in [4.78, 5) is 12.1. The fourth-order valence-electron chi connectivity index (χ4n) is 3.35. The number of amides is 2. The zero-order valence-electron chi connectivity index (χ0n) is 16.0. The summed E-state index contributed by atoms with van der Waals surface area (Å²) < 4.78 is 26.4. The predicted molar refractivity (Wildman–Crippen MR) is 101 cm³/mol. The Morgan fingerprint density at radius 1 is 1.12 bits per heavy atom. The van der Waals surface area contributed by atoms with Crippen LogP contribution in [0.25, 0.3) is 0 Å². The number of benzene rings is 1. The molecule has 1 saturated carbocycles. The van der Waals surface area contributed by atoms with Crippen LogP contribution in [0.4, 0.5) is 14.9 Å². The lowest BCUT2D eigenvalue weighted by atomic mass is 9.79. The first-order chi connectivity index (χ1) is 12.2. The van der Waals surface area contributed by atoms with Gasteiger partial charge in [0.1, 0.15) is 5.82 Å². The van der Waals surface area contributed by atoms with Crippen molar-refractivity contribution in [1.82, 2.24) is 5.32 Å². The Hall–Kier alpha value is -1.60. The molecule has 0 atom stereocenters. The van der Waals surface area contributed by atoms with Crippen molar-refractivity contribution in [2.24, 2.45) is 0 Å². The molecule has 0 radical (unpaired) electrons. The van der Waals surface area contributed by atoms with Gasteiger partial charge in [-0.15, -0.1) is 0 Å². The van der Waals surface area contributed by atoms with Crippen LogP contribution in [0.15, 0.2) is 18.2 Å². The summed E-state index contributed by atoms with van der Waals surface area (Å²) in [7, 11) is -0.625. The standard InChI is InChI=1S/C19H28BFN2O3/c1-18(2)19(3,4)26-20(25-18)13-10-11-16(15(21)12-13)23-17(24)22-14-8-6-5-7-9-14/h10-12,14H,5-9H2,1-4H3,(H2,22,23,24). The lowest BCUT2D eigenvalue weighted by molar-refractivity contribution is 0.00578. The molecule has 2 amide bonds. The van der Waals surface area contributed by atoms with Gasteiger partial charge in [-0.3, -0.25) is 0 Å². The van der Waals surface area contributed by atoms with Gasteiger partial charge in [0.2, 0.25) is 0 Å². The van der Waals surface area contributed by atoms with Crippen LogP contribution in [0.2, 0.25) is 0 Å². The van der Waals surface area contributed by atoms with Crippen molar-refractivity contribution in [1.29, 1.82) is 0 Å². The highest BCUT2D eigenvalue weighted by molar-refractivity contribution is 6.62. The number of rotatable bonds is 3. The van der Waals surface area contributed by atoms with Gasteiger partial charge >= 0.3 is 13.1 Å². The van der Waals surface area contributed by atoms with E-state index in [0.29, 0.717) is 5.46 Å². The second-order valence-electron chi connectivity index (χ2n) is 8.26. The van der Waals surface area contributed by atoms with Crippen molar-refractivity contribution in [2.45, 2.75) is 77.0 Å². The van der Waals surface area contributed by atoms with Crippen LogP contribution in [0, 0.1) is 5.82 Å². The minimum absolute atomic E-state index is 0.151. The second kappa shape index (κ2) is 7.20. The largest absolute Gasteiger partial charge is 0.494 e. The van der Waals surface area contributed by atoms with Gasteiger partial charge in [-0.05, 0) is 58.1 Å². The van der Waals surface area contributed by atoms with Crippen LogP contribution in [0.1, 0.15) is 59.8 Å². The number of nitrogens with one attached hydrogen (secondary N) is 2. The van der Waals surface area contributed by atoms with E-state index in [-0.39, 0.29) is 17.8 Å². The van der Waals surface area contributed by atoms with Crippen LogP contribution in [0.5, 0.6) is 0 Å². The Morgan fingerprint density at radius 2 is 1.73 bits per heavy atom. The molecule has 1 saturated heterocycles. The van der Waals surface area contributed by atoms with Gasteiger partial charge in [0.25, 0.3) is 0 Å². The molecule has 1 aromatic rings. The molecule has 0 unspecified atom stereocenters. The van der Waals surface area contributed by atoms with E-state index in [2.05, 4.69) is 10.6 Å². The summed E-state index contributed by atoms with van der Waals surface area (Å²) >= 11 is 0. The molecule has 2 N–H and O–H groups in total. The first-order valence-electron chi connectivity index (χ1n) is 9.40. The van der Waals surface area contributed by atoms with Gasteiger partial charge in [0, 0.05) is 6.04 Å². The SMILES string of the molecule is CC1(C)OB(c2ccc(NC(=O)NC3CCCCC3)c(F)c2)OC1(C)C. The van der Waals surface area contributed by atoms with Crippen molar-refractivity contribution in [3.05, 3.63) is 24.0 Å². The Morgan fingerprint density at radius 3 is 2.31 bits per heavy atom. The van der Waals surface area contributed by atoms with E-state index in [1.165, 1.54) is 12.5 Å². The van der Waals surface area contributed by atoms with Crippen LogP contribution in [-0.4, -0.2) is 30.4 Å².